The first-order chi connectivity index (χ1) is 11.9. The maximum atomic E-state index is 11.3. The number of esters is 1. The van der Waals surface area contributed by atoms with Crippen LogP contribution in [0, 0.1) is 20.2 Å². The summed E-state index contributed by atoms with van der Waals surface area (Å²) in [7, 11) is 1.26. The van der Waals surface area contributed by atoms with Gasteiger partial charge in [-0.3, -0.25) is 25.0 Å². The molecule has 0 spiro atoms. The minimum Gasteiger partial charge on any atom is -0.469 e. The van der Waals surface area contributed by atoms with Crippen molar-refractivity contribution in [2.24, 2.45) is 0 Å². The molecule has 130 valence electrons. The lowest BCUT2D eigenvalue weighted by molar-refractivity contribution is -0.385. The molecule has 2 rings (SSSR count). The van der Waals surface area contributed by atoms with Crippen LogP contribution in [-0.2, 0) is 16.0 Å². The minimum absolute atomic E-state index is 0.00758. The SMILES string of the molecule is COC(=O)CCc1cc(Sc2ccc([N+](=O)[O-])cc2)ccc1[N+](=O)[O-]. The Labute approximate surface area is 147 Å². The average Bonchev–Trinajstić information content (AvgIpc) is 2.60. The molecule has 0 atom stereocenters. The summed E-state index contributed by atoms with van der Waals surface area (Å²) >= 11 is 1.32. The van der Waals surface area contributed by atoms with Crippen molar-refractivity contribution in [3.05, 3.63) is 68.3 Å². The summed E-state index contributed by atoms with van der Waals surface area (Å²) in [5.74, 6) is -0.442. The molecule has 0 unspecified atom stereocenters. The molecular formula is C16H14N2O6S. The van der Waals surface area contributed by atoms with E-state index >= 15 is 0 Å². The van der Waals surface area contributed by atoms with Crippen LogP contribution in [0.25, 0.3) is 0 Å². The molecule has 0 aliphatic carbocycles. The molecule has 2 aromatic rings. The fourth-order valence-electron chi connectivity index (χ4n) is 2.11. The van der Waals surface area contributed by atoms with Crippen LogP contribution in [0.5, 0.6) is 0 Å². The number of ether oxygens (including phenoxy) is 1. The molecule has 0 aliphatic rings. The molecule has 0 saturated carbocycles. The molecule has 0 aromatic heterocycles. The fraction of sp³-hybridized carbons (Fsp3) is 0.188. The number of aryl methyl sites for hydroxylation is 1. The smallest absolute Gasteiger partial charge is 0.305 e. The maximum Gasteiger partial charge on any atom is 0.305 e. The van der Waals surface area contributed by atoms with Gasteiger partial charge in [-0.1, -0.05) is 11.8 Å². The van der Waals surface area contributed by atoms with Gasteiger partial charge < -0.3 is 4.74 Å². The molecule has 0 radical (unpaired) electrons. The van der Waals surface area contributed by atoms with E-state index in [1.807, 2.05) is 0 Å². The lowest BCUT2D eigenvalue weighted by Gasteiger charge is -2.06. The van der Waals surface area contributed by atoms with Crippen molar-refractivity contribution in [2.75, 3.05) is 7.11 Å². The van der Waals surface area contributed by atoms with E-state index in [4.69, 9.17) is 0 Å². The van der Waals surface area contributed by atoms with Crippen molar-refractivity contribution in [3.8, 4) is 0 Å². The maximum absolute atomic E-state index is 11.3. The molecule has 8 nitrogen and oxygen atoms in total. The van der Waals surface area contributed by atoms with E-state index in [2.05, 4.69) is 4.74 Å². The van der Waals surface area contributed by atoms with Gasteiger partial charge in [-0.05, 0) is 30.7 Å². The Kier molecular flexibility index (Phi) is 6.07. The van der Waals surface area contributed by atoms with Gasteiger partial charge in [0.1, 0.15) is 0 Å². The zero-order valence-corrected chi connectivity index (χ0v) is 14.0. The van der Waals surface area contributed by atoms with Crippen LogP contribution in [0.3, 0.4) is 0 Å². The molecular weight excluding hydrogens is 348 g/mol. The number of nitrogens with zero attached hydrogens (tertiary/aromatic N) is 2. The molecule has 0 saturated heterocycles. The van der Waals surface area contributed by atoms with Crippen molar-refractivity contribution in [1.82, 2.24) is 0 Å². The number of benzene rings is 2. The van der Waals surface area contributed by atoms with E-state index < -0.39 is 15.8 Å². The van der Waals surface area contributed by atoms with E-state index in [1.165, 1.54) is 37.1 Å². The van der Waals surface area contributed by atoms with E-state index in [0.29, 0.717) is 5.56 Å². The summed E-state index contributed by atoms with van der Waals surface area (Å²) < 4.78 is 4.56. The van der Waals surface area contributed by atoms with Gasteiger partial charge >= 0.3 is 5.97 Å². The van der Waals surface area contributed by atoms with Crippen LogP contribution in [0.2, 0.25) is 0 Å². The monoisotopic (exact) mass is 362 g/mol. The highest BCUT2D eigenvalue weighted by Gasteiger charge is 2.16. The van der Waals surface area contributed by atoms with Crippen LogP contribution in [0.15, 0.2) is 52.3 Å². The highest BCUT2D eigenvalue weighted by Crippen LogP contribution is 2.32. The first kappa shape index (κ1) is 18.4. The lowest BCUT2D eigenvalue weighted by atomic mass is 10.1. The topological polar surface area (TPSA) is 113 Å². The number of nitro benzene ring substituents is 2. The van der Waals surface area contributed by atoms with Gasteiger partial charge in [-0.15, -0.1) is 0 Å². The molecule has 0 aliphatic heterocycles. The van der Waals surface area contributed by atoms with Crippen LogP contribution < -0.4 is 0 Å². The van der Waals surface area contributed by atoms with Crippen molar-refractivity contribution >= 4 is 29.1 Å². The molecule has 0 N–H and O–H groups in total. The Morgan fingerprint density at radius 2 is 1.68 bits per heavy atom. The highest BCUT2D eigenvalue weighted by molar-refractivity contribution is 7.99. The molecule has 0 fully saturated rings. The standard InChI is InChI=1S/C16H14N2O6S/c1-24-16(19)9-2-11-10-14(7-8-15(11)18(22)23)25-13-5-3-12(4-6-13)17(20)21/h3-8,10H,2,9H2,1H3. The van der Waals surface area contributed by atoms with E-state index in [0.717, 1.165) is 9.79 Å². The second-order valence-electron chi connectivity index (χ2n) is 4.98. The Bertz CT molecular complexity index is 807. The number of rotatable bonds is 7. The van der Waals surface area contributed by atoms with Crippen molar-refractivity contribution in [2.45, 2.75) is 22.6 Å². The van der Waals surface area contributed by atoms with Crippen LogP contribution in [0.4, 0.5) is 11.4 Å². The molecule has 2 aromatic carbocycles. The number of hydrogen-bond acceptors (Lipinski definition) is 7. The lowest BCUT2D eigenvalue weighted by Crippen LogP contribution is -2.04. The summed E-state index contributed by atoms with van der Waals surface area (Å²) in [6.07, 6.45) is 0.237. The molecule has 9 heteroatoms. The third kappa shape index (κ3) is 5.01. The highest BCUT2D eigenvalue weighted by atomic mass is 32.2. The van der Waals surface area contributed by atoms with Crippen molar-refractivity contribution in [1.29, 1.82) is 0 Å². The first-order valence-electron chi connectivity index (χ1n) is 7.17. The summed E-state index contributed by atoms with van der Waals surface area (Å²) in [6.45, 7) is 0. The van der Waals surface area contributed by atoms with Gasteiger partial charge in [0.05, 0.1) is 17.0 Å². The summed E-state index contributed by atoms with van der Waals surface area (Å²) in [5.41, 5.74) is 0.367. The Morgan fingerprint density at radius 3 is 2.24 bits per heavy atom. The van der Waals surface area contributed by atoms with Crippen molar-refractivity contribution < 1.29 is 19.4 Å². The normalized spacial score (nSPS) is 10.3. The first-order valence-corrected chi connectivity index (χ1v) is 7.99. The summed E-state index contributed by atoms with van der Waals surface area (Å²) in [5, 5.41) is 21.8. The third-order valence-electron chi connectivity index (χ3n) is 3.36. The predicted octanol–water partition coefficient (Wildman–Crippen LogP) is 3.76. The molecule has 0 amide bonds. The Morgan fingerprint density at radius 1 is 1.04 bits per heavy atom. The quantitative estimate of drug-likeness (QED) is 0.418. The van der Waals surface area contributed by atoms with Gasteiger partial charge in [0.25, 0.3) is 11.4 Å². The molecule has 0 heterocycles. The minimum atomic E-state index is -0.493. The zero-order valence-electron chi connectivity index (χ0n) is 13.2. The number of methoxy groups -OCH3 is 1. The summed E-state index contributed by atoms with van der Waals surface area (Å²) in [6, 6.07) is 10.6. The number of carbonyl (C=O) groups is 1. The number of nitro groups is 2. The van der Waals surface area contributed by atoms with E-state index in [9.17, 15) is 25.0 Å². The average molecular weight is 362 g/mol. The number of non-ortho nitro benzene ring substituents is 1. The number of carbonyl (C=O) groups excluding carboxylic acids is 1. The third-order valence-corrected chi connectivity index (χ3v) is 4.35. The number of hydrogen-bond donors (Lipinski definition) is 0. The molecule has 25 heavy (non-hydrogen) atoms. The largest absolute Gasteiger partial charge is 0.469 e. The van der Waals surface area contributed by atoms with Gasteiger partial charge in [-0.25, -0.2) is 0 Å². The van der Waals surface area contributed by atoms with Gasteiger partial charge in [0.2, 0.25) is 0 Å². The van der Waals surface area contributed by atoms with Crippen LogP contribution in [0.1, 0.15) is 12.0 Å². The Balaban J connectivity index is 2.21. The van der Waals surface area contributed by atoms with Gasteiger partial charge in [0.15, 0.2) is 0 Å². The van der Waals surface area contributed by atoms with Gasteiger partial charge in [0, 0.05) is 40.0 Å². The zero-order chi connectivity index (χ0) is 18.4. The second kappa shape index (κ2) is 8.25. The van der Waals surface area contributed by atoms with Gasteiger partial charge in [-0.2, -0.15) is 0 Å². The second-order valence-corrected chi connectivity index (χ2v) is 6.12. The predicted molar refractivity (Wildman–Crippen MR) is 90.7 cm³/mol. The van der Waals surface area contributed by atoms with Crippen LogP contribution >= 0.6 is 11.8 Å². The fourth-order valence-corrected chi connectivity index (χ4v) is 3.00. The van der Waals surface area contributed by atoms with Crippen molar-refractivity contribution in [3.63, 3.8) is 0 Å². The van der Waals surface area contributed by atoms with E-state index in [-0.39, 0.29) is 24.2 Å². The summed E-state index contributed by atoms with van der Waals surface area (Å²) in [4.78, 5) is 33.6. The molecule has 0 bridgehead atoms. The Hall–Kier alpha value is -2.94. The van der Waals surface area contributed by atoms with Crippen LogP contribution in [-0.4, -0.2) is 22.9 Å². The van der Waals surface area contributed by atoms with E-state index in [1.54, 1.807) is 24.3 Å².